The first kappa shape index (κ1) is 14.3. The summed E-state index contributed by atoms with van der Waals surface area (Å²) in [6, 6.07) is 6.34. The van der Waals surface area contributed by atoms with Crippen molar-refractivity contribution in [3.8, 4) is 22.6 Å². The number of nitro benzene ring substituents is 1. The molecule has 0 aliphatic rings. The average Bonchev–Trinajstić information content (AvgIpc) is 3.03. The predicted octanol–water partition coefficient (Wildman–Crippen LogP) is 2.08. The molecule has 1 aromatic carbocycles. The SMILES string of the molecule is Cn1cc(-c2nnc(S)n2C)c(-c2cccc([N+](=O)[O-])c2)n1. The van der Waals surface area contributed by atoms with Crippen molar-refractivity contribution in [3.63, 3.8) is 0 Å². The van der Waals surface area contributed by atoms with E-state index >= 15 is 0 Å². The smallest absolute Gasteiger partial charge is 0.270 e. The van der Waals surface area contributed by atoms with Crippen molar-refractivity contribution in [2.24, 2.45) is 14.1 Å². The molecule has 0 atom stereocenters. The maximum absolute atomic E-state index is 10.9. The zero-order valence-corrected chi connectivity index (χ0v) is 12.7. The van der Waals surface area contributed by atoms with E-state index in [0.717, 1.165) is 5.56 Å². The van der Waals surface area contributed by atoms with Crippen LogP contribution in [0.2, 0.25) is 0 Å². The molecule has 2 heterocycles. The summed E-state index contributed by atoms with van der Waals surface area (Å²) in [5.74, 6) is 0.597. The number of nitro groups is 1. The second-order valence-electron chi connectivity index (χ2n) is 4.76. The Morgan fingerprint density at radius 2 is 2.05 bits per heavy atom. The molecule has 2 aromatic heterocycles. The van der Waals surface area contributed by atoms with Crippen LogP contribution in [0.25, 0.3) is 22.6 Å². The Labute approximate surface area is 131 Å². The Morgan fingerprint density at radius 3 is 2.68 bits per heavy atom. The van der Waals surface area contributed by atoms with Crippen LogP contribution < -0.4 is 0 Å². The van der Waals surface area contributed by atoms with Crippen LogP contribution in [0.15, 0.2) is 35.6 Å². The molecule has 22 heavy (non-hydrogen) atoms. The molecular weight excluding hydrogens is 304 g/mol. The van der Waals surface area contributed by atoms with Gasteiger partial charge in [-0.3, -0.25) is 14.8 Å². The van der Waals surface area contributed by atoms with E-state index in [-0.39, 0.29) is 5.69 Å². The van der Waals surface area contributed by atoms with E-state index in [2.05, 4.69) is 27.9 Å². The lowest BCUT2D eigenvalue weighted by Crippen LogP contribution is -1.94. The molecule has 0 spiro atoms. The topological polar surface area (TPSA) is 91.7 Å². The van der Waals surface area contributed by atoms with Gasteiger partial charge in [0.15, 0.2) is 11.0 Å². The summed E-state index contributed by atoms with van der Waals surface area (Å²) in [6.45, 7) is 0. The lowest BCUT2D eigenvalue weighted by molar-refractivity contribution is -0.384. The van der Waals surface area contributed by atoms with Gasteiger partial charge in [-0.2, -0.15) is 5.10 Å². The van der Waals surface area contributed by atoms with Gasteiger partial charge in [-0.15, -0.1) is 22.8 Å². The molecule has 8 nitrogen and oxygen atoms in total. The molecule has 0 saturated heterocycles. The van der Waals surface area contributed by atoms with Gasteiger partial charge in [0.1, 0.15) is 5.69 Å². The number of aryl methyl sites for hydroxylation is 1. The summed E-state index contributed by atoms with van der Waals surface area (Å²) < 4.78 is 3.36. The summed E-state index contributed by atoms with van der Waals surface area (Å²) in [5, 5.41) is 23.8. The van der Waals surface area contributed by atoms with Gasteiger partial charge in [0.05, 0.1) is 10.5 Å². The van der Waals surface area contributed by atoms with Gasteiger partial charge in [0.25, 0.3) is 5.69 Å². The number of thiol groups is 1. The van der Waals surface area contributed by atoms with Gasteiger partial charge < -0.3 is 4.57 Å². The molecule has 0 fully saturated rings. The van der Waals surface area contributed by atoms with E-state index in [4.69, 9.17) is 0 Å². The van der Waals surface area contributed by atoms with Crippen LogP contribution in [0.4, 0.5) is 5.69 Å². The molecule has 0 radical (unpaired) electrons. The third-order valence-electron chi connectivity index (χ3n) is 3.25. The molecule has 0 bridgehead atoms. The lowest BCUT2D eigenvalue weighted by Gasteiger charge is -2.02. The van der Waals surface area contributed by atoms with Crippen molar-refractivity contribution in [3.05, 3.63) is 40.6 Å². The summed E-state index contributed by atoms with van der Waals surface area (Å²) in [4.78, 5) is 10.5. The average molecular weight is 316 g/mol. The molecule has 3 rings (SSSR count). The first-order chi connectivity index (χ1) is 10.5. The molecule has 0 N–H and O–H groups in total. The minimum absolute atomic E-state index is 0.0157. The van der Waals surface area contributed by atoms with Gasteiger partial charge in [0, 0.05) is 38.0 Å². The number of rotatable bonds is 3. The lowest BCUT2D eigenvalue weighted by atomic mass is 10.1. The number of benzene rings is 1. The van der Waals surface area contributed by atoms with E-state index in [1.54, 1.807) is 41.7 Å². The summed E-state index contributed by atoms with van der Waals surface area (Å²) >= 11 is 4.21. The Balaban J connectivity index is 2.18. The standard InChI is InChI=1S/C13H12N6O2S/c1-17-7-10(12-14-15-13(22)18(12)2)11(16-17)8-4-3-5-9(6-8)19(20)21/h3-7H,1-2H3,(H,15,22). The second kappa shape index (κ2) is 5.26. The van der Waals surface area contributed by atoms with Crippen molar-refractivity contribution < 1.29 is 4.92 Å². The highest BCUT2D eigenvalue weighted by molar-refractivity contribution is 7.80. The van der Waals surface area contributed by atoms with Crippen molar-refractivity contribution in [2.75, 3.05) is 0 Å². The molecule has 3 aromatic rings. The van der Waals surface area contributed by atoms with Crippen molar-refractivity contribution in [1.82, 2.24) is 24.5 Å². The maximum Gasteiger partial charge on any atom is 0.270 e. The monoisotopic (exact) mass is 316 g/mol. The van der Waals surface area contributed by atoms with E-state index in [1.807, 2.05) is 0 Å². The zero-order chi connectivity index (χ0) is 15.9. The van der Waals surface area contributed by atoms with Gasteiger partial charge in [-0.25, -0.2) is 0 Å². The maximum atomic E-state index is 10.9. The highest BCUT2D eigenvalue weighted by Crippen LogP contribution is 2.31. The third-order valence-corrected chi connectivity index (χ3v) is 3.64. The molecule has 9 heteroatoms. The third kappa shape index (κ3) is 2.35. The van der Waals surface area contributed by atoms with Crippen LogP contribution in [0.1, 0.15) is 0 Å². The fourth-order valence-electron chi connectivity index (χ4n) is 2.19. The summed E-state index contributed by atoms with van der Waals surface area (Å²) in [5.41, 5.74) is 2.00. The Morgan fingerprint density at radius 1 is 1.27 bits per heavy atom. The van der Waals surface area contributed by atoms with Gasteiger partial charge in [0.2, 0.25) is 0 Å². The molecule has 0 aliphatic heterocycles. The zero-order valence-electron chi connectivity index (χ0n) is 11.8. The summed E-state index contributed by atoms with van der Waals surface area (Å²) in [7, 11) is 3.57. The van der Waals surface area contributed by atoms with Crippen LogP contribution in [0, 0.1) is 10.1 Å². The number of non-ortho nitro benzene ring substituents is 1. The quantitative estimate of drug-likeness (QED) is 0.454. The normalized spacial score (nSPS) is 10.9. The molecule has 0 unspecified atom stereocenters. The van der Waals surface area contributed by atoms with Gasteiger partial charge >= 0.3 is 0 Å². The Hall–Kier alpha value is -2.68. The number of hydrogen-bond donors (Lipinski definition) is 1. The van der Waals surface area contributed by atoms with Gasteiger partial charge in [-0.05, 0) is 0 Å². The highest BCUT2D eigenvalue weighted by Gasteiger charge is 2.19. The Bertz CT molecular complexity index is 869. The van der Waals surface area contributed by atoms with Crippen LogP contribution in [0.3, 0.4) is 0 Å². The van der Waals surface area contributed by atoms with Crippen molar-refractivity contribution >= 4 is 18.3 Å². The molecule has 0 aliphatic carbocycles. The molecule has 0 saturated carbocycles. The minimum atomic E-state index is -0.430. The van der Waals surface area contributed by atoms with Crippen LogP contribution in [-0.4, -0.2) is 29.5 Å². The van der Waals surface area contributed by atoms with E-state index in [1.165, 1.54) is 12.1 Å². The largest absolute Gasteiger partial charge is 0.305 e. The number of nitrogens with zero attached hydrogens (tertiary/aromatic N) is 6. The molecule has 0 amide bonds. The van der Waals surface area contributed by atoms with E-state index < -0.39 is 4.92 Å². The fourth-order valence-corrected chi connectivity index (χ4v) is 2.33. The first-order valence-electron chi connectivity index (χ1n) is 6.34. The van der Waals surface area contributed by atoms with E-state index in [0.29, 0.717) is 22.2 Å². The number of aromatic nitrogens is 5. The van der Waals surface area contributed by atoms with Crippen LogP contribution in [0.5, 0.6) is 0 Å². The van der Waals surface area contributed by atoms with E-state index in [9.17, 15) is 10.1 Å². The predicted molar refractivity (Wildman–Crippen MR) is 82.5 cm³/mol. The fraction of sp³-hybridized carbons (Fsp3) is 0.154. The highest BCUT2D eigenvalue weighted by atomic mass is 32.1. The minimum Gasteiger partial charge on any atom is -0.305 e. The molecule has 112 valence electrons. The van der Waals surface area contributed by atoms with Gasteiger partial charge in [-0.1, -0.05) is 12.1 Å². The Kier molecular flexibility index (Phi) is 3.41. The van der Waals surface area contributed by atoms with Crippen molar-refractivity contribution in [2.45, 2.75) is 5.16 Å². The van der Waals surface area contributed by atoms with Crippen LogP contribution >= 0.6 is 12.6 Å². The first-order valence-corrected chi connectivity index (χ1v) is 6.79. The second-order valence-corrected chi connectivity index (χ2v) is 5.16. The number of hydrogen-bond acceptors (Lipinski definition) is 6. The molecular formula is C13H12N6O2S. The van der Waals surface area contributed by atoms with Crippen LogP contribution in [-0.2, 0) is 14.1 Å². The summed E-state index contributed by atoms with van der Waals surface area (Å²) in [6.07, 6.45) is 1.80. The van der Waals surface area contributed by atoms with Crippen molar-refractivity contribution in [1.29, 1.82) is 0 Å².